The molecule has 0 saturated heterocycles. The summed E-state index contributed by atoms with van der Waals surface area (Å²) in [5.41, 5.74) is 0. The van der Waals surface area contributed by atoms with Gasteiger partial charge in [-0.25, -0.2) is 12.7 Å². The van der Waals surface area contributed by atoms with Gasteiger partial charge in [0.1, 0.15) is 4.58 Å². The topological polar surface area (TPSA) is 37.4 Å². The smallest absolute Gasteiger partial charge is 0.211 e. The number of thioether (sulfide) groups is 1. The zero-order valence-corrected chi connectivity index (χ0v) is 9.00. The second-order valence-corrected chi connectivity index (χ2v) is 6.10. The molecule has 1 atom stereocenters. The van der Waals surface area contributed by atoms with Gasteiger partial charge in [-0.1, -0.05) is 6.92 Å². The quantitative estimate of drug-likeness (QED) is 0.674. The van der Waals surface area contributed by atoms with Crippen LogP contribution in [0.3, 0.4) is 0 Å². The van der Waals surface area contributed by atoms with Crippen LogP contribution in [-0.4, -0.2) is 37.2 Å². The molecule has 0 aliphatic carbocycles. The summed E-state index contributed by atoms with van der Waals surface area (Å²) in [6, 6.07) is 0. The minimum atomic E-state index is -3.04. The third-order valence-electron chi connectivity index (χ3n) is 1.63. The fourth-order valence-corrected chi connectivity index (χ4v) is 2.84. The van der Waals surface area contributed by atoms with Crippen LogP contribution in [0.5, 0.6) is 0 Å². The molecule has 3 nitrogen and oxygen atoms in total. The van der Waals surface area contributed by atoms with Gasteiger partial charge in [0, 0.05) is 13.6 Å². The number of rotatable bonds is 4. The fourth-order valence-electron chi connectivity index (χ4n) is 0.555. The van der Waals surface area contributed by atoms with E-state index < -0.39 is 10.0 Å². The molecule has 0 bridgehead atoms. The molecular formula is C6H15NO2S2. The molecule has 0 aromatic carbocycles. The van der Waals surface area contributed by atoms with Gasteiger partial charge in [0.2, 0.25) is 10.0 Å². The van der Waals surface area contributed by atoms with E-state index >= 15 is 0 Å². The standard InChI is InChI=1S/C6H15NO2S2/c1-5-7(3)11(8,9)6(2)10-4/h6H,5H2,1-4H3. The summed E-state index contributed by atoms with van der Waals surface area (Å²) in [6.07, 6.45) is 1.80. The molecule has 0 aromatic rings. The molecule has 0 fully saturated rings. The Kier molecular flexibility index (Phi) is 4.43. The molecular weight excluding hydrogens is 182 g/mol. The highest BCUT2D eigenvalue weighted by molar-refractivity contribution is 8.12. The van der Waals surface area contributed by atoms with Gasteiger partial charge >= 0.3 is 0 Å². The van der Waals surface area contributed by atoms with Crippen molar-refractivity contribution in [1.82, 2.24) is 4.31 Å². The van der Waals surface area contributed by atoms with E-state index in [9.17, 15) is 8.42 Å². The van der Waals surface area contributed by atoms with Crippen molar-refractivity contribution >= 4 is 21.8 Å². The van der Waals surface area contributed by atoms with Gasteiger partial charge in [-0.2, -0.15) is 0 Å². The molecule has 11 heavy (non-hydrogen) atoms. The first-order chi connectivity index (χ1) is 4.96. The van der Waals surface area contributed by atoms with Crippen LogP contribution in [0.1, 0.15) is 13.8 Å². The lowest BCUT2D eigenvalue weighted by molar-refractivity contribution is 0.485. The van der Waals surface area contributed by atoms with E-state index in [0.29, 0.717) is 6.54 Å². The number of hydrogen-bond donors (Lipinski definition) is 0. The molecule has 68 valence electrons. The van der Waals surface area contributed by atoms with Crippen LogP contribution in [0.15, 0.2) is 0 Å². The largest absolute Gasteiger partial charge is 0.225 e. The summed E-state index contributed by atoms with van der Waals surface area (Å²) in [5, 5.41) is 0. The molecule has 0 aliphatic rings. The molecule has 0 aliphatic heterocycles. The molecule has 0 spiro atoms. The van der Waals surface area contributed by atoms with E-state index in [1.54, 1.807) is 20.2 Å². The highest BCUT2D eigenvalue weighted by Crippen LogP contribution is 2.15. The third kappa shape index (κ3) is 2.65. The molecule has 0 radical (unpaired) electrons. The van der Waals surface area contributed by atoms with Crippen molar-refractivity contribution in [3.8, 4) is 0 Å². The maximum absolute atomic E-state index is 11.4. The van der Waals surface area contributed by atoms with Gasteiger partial charge in [0.15, 0.2) is 0 Å². The van der Waals surface area contributed by atoms with Crippen molar-refractivity contribution < 1.29 is 8.42 Å². The highest BCUT2D eigenvalue weighted by Gasteiger charge is 2.23. The Labute approximate surface area is 73.2 Å². The second-order valence-electron chi connectivity index (χ2n) is 2.26. The summed E-state index contributed by atoms with van der Waals surface area (Å²) >= 11 is 1.35. The van der Waals surface area contributed by atoms with Crippen molar-refractivity contribution in [2.45, 2.75) is 18.4 Å². The van der Waals surface area contributed by atoms with Crippen molar-refractivity contribution in [1.29, 1.82) is 0 Å². The predicted octanol–water partition coefficient (Wildman–Crippen LogP) is 0.977. The van der Waals surface area contributed by atoms with Crippen LogP contribution in [0.2, 0.25) is 0 Å². The summed E-state index contributed by atoms with van der Waals surface area (Å²) in [5.74, 6) is 0. The first-order valence-corrected chi connectivity index (χ1v) is 6.23. The summed E-state index contributed by atoms with van der Waals surface area (Å²) < 4.78 is 23.8. The van der Waals surface area contributed by atoms with Gasteiger partial charge in [0.25, 0.3) is 0 Å². The molecule has 0 saturated carbocycles. The van der Waals surface area contributed by atoms with Crippen LogP contribution in [0.4, 0.5) is 0 Å². The predicted molar refractivity (Wildman–Crippen MR) is 50.2 cm³/mol. The Morgan fingerprint density at radius 3 is 2.27 bits per heavy atom. The maximum Gasteiger partial charge on any atom is 0.225 e. The number of nitrogens with zero attached hydrogens (tertiary/aromatic N) is 1. The second kappa shape index (κ2) is 4.33. The summed E-state index contributed by atoms with van der Waals surface area (Å²) in [6.45, 7) is 4.06. The van der Waals surface area contributed by atoms with Gasteiger partial charge < -0.3 is 0 Å². The Balaban J connectivity index is 4.46. The normalized spacial score (nSPS) is 15.4. The molecule has 0 N–H and O–H groups in total. The van der Waals surface area contributed by atoms with Crippen molar-refractivity contribution in [2.75, 3.05) is 19.8 Å². The van der Waals surface area contributed by atoms with Gasteiger partial charge in [-0.15, -0.1) is 11.8 Å². The van der Waals surface area contributed by atoms with Crippen molar-refractivity contribution in [3.63, 3.8) is 0 Å². The molecule has 0 rings (SSSR count). The third-order valence-corrected chi connectivity index (χ3v) is 5.57. The van der Waals surface area contributed by atoms with Gasteiger partial charge in [0.05, 0.1) is 0 Å². The first-order valence-electron chi connectivity index (χ1n) is 3.44. The van der Waals surface area contributed by atoms with Crippen molar-refractivity contribution in [2.24, 2.45) is 0 Å². The van der Waals surface area contributed by atoms with Gasteiger partial charge in [-0.05, 0) is 13.2 Å². The first kappa shape index (κ1) is 11.3. The molecule has 0 aromatic heterocycles. The van der Waals surface area contributed by atoms with E-state index in [-0.39, 0.29) is 4.58 Å². The van der Waals surface area contributed by atoms with Gasteiger partial charge in [-0.3, -0.25) is 0 Å². The Hall–Kier alpha value is 0.260. The number of hydrogen-bond acceptors (Lipinski definition) is 3. The zero-order chi connectivity index (χ0) is 9.07. The SMILES string of the molecule is CCN(C)S(=O)(=O)C(C)SC. The van der Waals surface area contributed by atoms with Crippen LogP contribution < -0.4 is 0 Å². The minimum absolute atomic E-state index is 0.340. The highest BCUT2D eigenvalue weighted by atomic mass is 32.3. The van der Waals surface area contributed by atoms with Crippen LogP contribution in [0.25, 0.3) is 0 Å². The Morgan fingerprint density at radius 2 is 2.00 bits per heavy atom. The summed E-state index contributed by atoms with van der Waals surface area (Å²) in [4.78, 5) is 0. The lowest BCUT2D eigenvalue weighted by Crippen LogP contribution is -2.32. The molecule has 0 heterocycles. The molecule has 0 amide bonds. The van der Waals surface area contributed by atoms with E-state index in [0.717, 1.165) is 0 Å². The molecule has 5 heteroatoms. The van der Waals surface area contributed by atoms with Crippen molar-refractivity contribution in [3.05, 3.63) is 0 Å². The van der Waals surface area contributed by atoms with Crippen LogP contribution in [-0.2, 0) is 10.0 Å². The Bertz CT molecular complexity index is 185. The lowest BCUT2D eigenvalue weighted by atomic mass is 10.8. The van der Waals surface area contributed by atoms with E-state index in [1.807, 2.05) is 6.92 Å². The van der Waals surface area contributed by atoms with E-state index in [4.69, 9.17) is 0 Å². The summed E-state index contributed by atoms with van der Waals surface area (Å²) in [7, 11) is -1.44. The monoisotopic (exact) mass is 197 g/mol. The maximum atomic E-state index is 11.4. The lowest BCUT2D eigenvalue weighted by Gasteiger charge is -2.18. The van der Waals surface area contributed by atoms with Crippen LogP contribution >= 0.6 is 11.8 Å². The zero-order valence-electron chi connectivity index (χ0n) is 7.36. The van der Waals surface area contributed by atoms with Crippen LogP contribution in [0, 0.1) is 0 Å². The van der Waals surface area contributed by atoms with E-state index in [2.05, 4.69) is 0 Å². The average Bonchev–Trinajstić information content (AvgIpc) is 2.01. The van der Waals surface area contributed by atoms with E-state index in [1.165, 1.54) is 16.1 Å². The molecule has 1 unspecified atom stereocenters. The fraction of sp³-hybridized carbons (Fsp3) is 1.00. The minimum Gasteiger partial charge on any atom is -0.211 e. The average molecular weight is 197 g/mol. The Morgan fingerprint density at radius 1 is 1.55 bits per heavy atom. The number of sulfonamides is 1.